The lowest BCUT2D eigenvalue weighted by Crippen LogP contribution is -2.26. The largest absolute Gasteiger partial charge is 0.302 e. The van der Waals surface area contributed by atoms with Crippen LogP contribution in [0.25, 0.3) is 0 Å². The molecule has 0 spiro atoms. The maximum absolute atomic E-state index is 8.56. The van der Waals surface area contributed by atoms with Crippen molar-refractivity contribution < 1.29 is 0 Å². The predicted octanol–water partition coefficient (Wildman–Crippen LogP) is 2.04. The summed E-state index contributed by atoms with van der Waals surface area (Å²) in [5.41, 5.74) is 2.60. The molecule has 2 heteroatoms. The van der Waals surface area contributed by atoms with E-state index in [0.29, 0.717) is 0 Å². The minimum atomic E-state index is -0.0551. The van der Waals surface area contributed by atoms with Crippen LogP contribution >= 0.6 is 0 Å². The summed E-state index contributed by atoms with van der Waals surface area (Å²) in [5, 5.41) is 11.7. The molecule has 1 atom stereocenters. The lowest BCUT2D eigenvalue weighted by molar-refractivity contribution is 0.640. The molecule has 0 amide bonds. The van der Waals surface area contributed by atoms with Gasteiger partial charge in [0.15, 0.2) is 0 Å². The van der Waals surface area contributed by atoms with Crippen LogP contribution in [0.3, 0.4) is 0 Å². The molecule has 0 bridgehead atoms. The Labute approximate surface area is 85.6 Å². The number of nitrogens with zero attached hydrogens (tertiary/aromatic N) is 1. The van der Waals surface area contributed by atoms with Crippen LogP contribution < -0.4 is 5.32 Å². The van der Waals surface area contributed by atoms with Crippen LogP contribution in [-0.4, -0.2) is 12.6 Å². The standard InChI is InChI=1S/C12H16N2/c1-10-3-5-12(6-4-10)7-8-14-11(2)9-13/h3-6,11,14H,7-8H2,1-2H3. The van der Waals surface area contributed by atoms with E-state index >= 15 is 0 Å². The quantitative estimate of drug-likeness (QED) is 0.784. The van der Waals surface area contributed by atoms with Crippen LogP contribution in [0.15, 0.2) is 24.3 Å². The molecular formula is C12H16N2. The van der Waals surface area contributed by atoms with Crippen LogP contribution in [-0.2, 0) is 6.42 Å². The maximum atomic E-state index is 8.56. The highest BCUT2D eigenvalue weighted by Crippen LogP contribution is 2.03. The van der Waals surface area contributed by atoms with Gasteiger partial charge in [-0.25, -0.2) is 0 Å². The van der Waals surface area contributed by atoms with Crippen molar-refractivity contribution in [2.45, 2.75) is 26.3 Å². The third kappa shape index (κ3) is 3.59. The highest BCUT2D eigenvalue weighted by atomic mass is 14.9. The van der Waals surface area contributed by atoms with Crippen molar-refractivity contribution in [1.29, 1.82) is 5.26 Å². The van der Waals surface area contributed by atoms with Crippen molar-refractivity contribution in [1.82, 2.24) is 5.32 Å². The fraction of sp³-hybridized carbons (Fsp3) is 0.417. The third-order valence-electron chi connectivity index (χ3n) is 2.18. The van der Waals surface area contributed by atoms with Gasteiger partial charge in [-0.15, -0.1) is 0 Å². The van der Waals surface area contributed by atoms with E-state index in [-0.39, 0.29) is 6.04 Å². The molecule has 1 aromatic rings. The zero-order valence-corrected chi connectivity index (χ0v) is 8.75. The highest BCUT2D eigenvalue weighted by molar-refractivity contribution is 5.21. The van der Waals surface area contributed by atoms with Crippen LogP contribution in [0.1, 0.15) is 18.1 Å². The van der Waals surface area contributed by atoms with Gasteiger partial charge in [0, 0.05) is 6.54 Å². The maximum Gasteiger partial charge on any atom is 0.0924 e. The Balaban J connectivity index is 2.32. The third-order valence-corrected chi connectivity index (χ3v) is 2.18. The Morgan fingerprint density at radius 3 is 2.57 bits per heavy atom. The van der Waals surface area contributed by atoms with Crippen LogP contribution in [0.2, 0.25) is 0 Å². The van der Waals surface area contributed by atoms with Gasteiger partial charge in [-0.2, -0.15) is 5.26 Å². The van der Waals surface area contributed by atoms with Gasteiger partial charge >= 0.3 is 0 Å². The summed E-state index contributed by atoms with van der Waals surface area (Å²) < 4.78 is 0. The number of nitriles is 1. The number of benzene rings is 1. The van der Waals surface area contributed by atoms with Gasteiger partial charge in [-0.05, 0) is 25.8 Å². The first-order valence-corrected chi connectivity index (χ1v) is 4.91. The summed E-state index contributed by atoms with van der Waals surface area (Å²) in [7, 11) is 0. The Kier molecular flexibility index (Phi) is 4.15. The van der Waals surface area contributed by atoms with Crippen LogP contribution in [0.4, 0.5) is 0 Å². The lowest BCUT2D eigenvalue weighted by Gasteiger charge is -2.05. The molecule has 0 aliphatic carbocycles. The molecule has 0 aliphatic rings. The fourth-order valence-electron chi connectivity index (χ4n) is 1.23. The monoisotopic (exact) mass is 188 g/mol. The SMILES string of the molecule is Cc1ccc(CCNC(C)C#N)cc1. The summed E-state index contributed by atoms with van der Waals surface area (Å²) in [6, 6.07) is 10.6. The molecule has 14 heavy (non-hydrogen) atoms. The van der Waals surface area contributed by atoms with E-state index in [9.17, 15) is 0 Å². The minimum Gasteiger partial charge on any atom is -0.302 e. The average molecular weight is 188 g/mol. The first kappa shape index (κ1) is 10.7. The summed E-state index contributed by atoms with van der Waals surface area (Å²) >= 11 is 0. The number of rotatable bonds is 4. The van der Waals surface area contributed by atoms with Gasteiger partial charge < -0.3 is 5.32 Å². The van der Waals surface area contributed by atoms with Crippen molar-refractivity contribution in [3.05, 3.63) is 35.4 Å². The first-order valence-electron chi connectivity index (χ1n) is 4.91. The number of hydrogen-bond acceptors (Lipinski definition) is 2. The topological polar surface area (TPSA) is 35.8 Å². The molecule has 0 saturated heterocycles. The minimum absolute atomic E-state index is 0.0551. The van der Waals surface area contributed by atoms with E-state index in [1.807, 2.05) is 6.92 Å². The Hall–Kier alpha value is -1.33. The van der Waals surface area contributed by atoms with Crippen molar-refractivity contribution in [2.24, 2.45) is 0 Å². The summed E-state index contributed by atoms with van der Waals surface area (Å²) in [6.07, 6.45) is 0.978. The van der Waals surface area contributed by atoms with E-state index in [4.69, 9.17) is 5.26 Å². The predicted molar refractivity (Wildman–Crippen MR) is 58.0 cm³/mol. The highest BCUT2D eigenvalue weighted by Gasteiger charge is 1.97. The van der Waals surface area contributed by atoms with Crippen molar-refractivity contribution >= 4 is 0 Å². The molecule has 74 valence electrons. The second kappa shape index (κ2) is 5.41. The molecule has 0 saturated carbocycles. The van der Waals surface area contributed by atoms with Gasteiger partial charge in [0.2, 0.25) is 0 Å². The normalized spacial score (nSPS) is 12.1. The van der Waals surface area contributed by atoms with Gasteiger partial charge in [0.05, 0.1) is 12.1 Å². The van der Waals surface area contributed by atoms with Crippen LogP contribution in [0.5, 0.6) is 0 Å². The van der Waals surface area contributed by atoms with Gasteiger partial charge in [-0.3, -0.25) is 0 Å². The first-order chi connectivity index (χ1) is 6.72. The smallest absolute Gasteiger partial charge is 0.0924 e. The summed E-state index contributed by atoms with van der Waals surface area (Å²) in [6.45, 7) is 4.81. The molecule has 0 fully saturated rings. The van der Waals surface area contributed by atoms with E-state index in [2.05, 4.69) is 42.6 Å². The Bertz CT molecular complexity index is 308. The van der Waals surface area contributed by atoms with E-state index < -0.39 is 0 Å². The molecule has 0 aliphatic heterocycles. The number of aryl methyl sites for hydroxylation is 1. The molecule has 1 aromatic carbocycles. The Morgan fingerprint density at radius 1 is 1.36 bits per heavy atom. The molecule has 0 aromatic heterocycles. The van der Waals surface area contributed by atoms with Crippen LogP contribution in [0, 0.1) is 18.3 Å². The lowest BCUT2D eigenvalue weighted by atomic mass is 10.1. The second-order valence-electron chi connectivity index (χ2n) is 3.54. The van der Waals surface area contributed by atoms with E-state index in [1.165, 1.54) is 11.1 Å². The molecule has 2 nitrogen and oxygen atoms in total. The molecular weight excluding hydrogens is 172 g/mol. The Morgan fingerprint density at radius 2 is 2.00 bits per heavy atom. The molecule has 0 heterocycles. The second-order valence-corrected chi connectivity index (χ2v) is 3.54. The number of nitrogens with one attached hydrogen (secondary N) is 1. The van der Waals surface area contributed by atoms with Gasteiger partial charge in [0.1, 0.15) is 0 Å². The van der Waals surface area contributed by atoms with Crippen molar-refractivity contribution in [3.8, 4) is 6.07 Å². The molecule has 1 rings (SSSR count). The molecule has 1 unspecified atom stereocenters. The zero-order valence-electron chi connectivity index (χ0n) is 8.75. The summed E-state index contributed by atoms with van der Waals surface area (Å²) in [5.74, 6) is 0. The van der Waals surface area contributed by atoms with Crippen molar-refractivity contribution in [3.63, 3.8) is 0 Å². The van der Waals surface area contributed by atoms with E-state index in [0.717, 1.165) is 13.0 Å². The average Bonchev–Trinajstić information content (AvgIpc) is 2.21. The fourth-order valence-corrected chi connectivity index (χ4v) is 1.23. The zero-order chi connectivity index (χ0) is 10.4. The van der Waals surface area contributed by atoms with Gasteiger partial charge in [-0.1, -0.05) is 29.8 Å². The molecule has 1 N–H and O–H groups in total. The number of hydrogen-bond donors (Lipinski definition) is 1. The summed E-state index contributed by atoms with van der Waals surface area (Å²) in [4.78, 5) is 0. The van der Waals surface area contributed by atoms with Crippen molar-refractivity contribution in [2.75, 3.05) is 6.54 Å². The van der Waals surface area contributed by atoms with Gasteiger partial charge in [0.25, 0.3) is 0 Å². The molecule has 0 radical (unpaired) electrons. The van der Waals surface area contributed by atoms with E-state index in [1.54, 1.807) is 0 Å².